The number of phenolic OH excluding ortho intramolecular Hbond substituents is 1. The molecule has 0 amide bonds. The first-order valence-corrected chi connectivity index (χ1v) is 30.9. The van der Waals surface area contributed by atoms with Gasteiger partial charge in [-0.15, -0.1) is 0 Å². The van der Waals surface area contributed by atoms with Crippen LogP contribution in [-0.2, 0) is 35.3 Å². The van der Waals surface area contributed by atoms with Crippen LogP contribution in [0.4, 0.5) is 0 Å². The summed E-state index contributed by atoms with van der Waals surface area (Å²) in [6.45, 7) is 3.38. The van der Waals surface area contributed by atoms with Gasteiger partial charge in [-0.05, 0) is 237 Å². The number of phenols is 1. The number of carbonyl (C=O) groups excluding carboxylic acids is 2. The molecule has 3 aromatic rings. The molecule has 3 heterocycles. The number of Topliss-reactive ketones (excluding diaryl/α,β-unsaturated/α-hetero) is 1. The number of hydrogen-bond acceptors (Lipinski definition) is 11. The topological polar surface area (TPSA) is 178 Å². The normalized spacial score (nSPS) is 31.7. The van der Waals surface area contributed by atoms with Gasteiger partial charge in [-0.3, -0.25) is 9.59 Å². The Hall–Kier alpha value is -4.88. The van der Waals surface area contributed by atoms with Crippen LogP contribution in [0, 0.1) is 58.7 Å². The lowest BCUT2D eigenvalue weighted by Gasteiger charge is -2.55. The lowest BCUT2D eigenvalue weighted by Crippen LogP contribution is -2.58. The maximum atomic E-state index is 14.5. The van der Waals surface area contributed by atoms with Crippen LogP contribution in [0.5, 0.6) is 11.5 Å². The van der Waals surface area contributed by atoms with E-state index in [0.29, 0.717) is 89.9 Å². The number of fused-ring (bicyclic) bond motifs is 4. The van der Waals surface area contributed by atoms with Crippen molar-refractivity contribution < 1.29 is 29.6 Å². The first-order valence-electron chi connectivity index (χ1n) is 30.9. The van der Waals surface area contributed by atoms with Gasteiger partial charge in [0.25, 0.3) is 0 Å². The number of piperidine rings is 1. The number of carbonyl (C=O) groups is 2. The van der Waals surface area contributed by atoms with E-state index in [4.69, 9.17) is 10.5 Å². The maximum Gasteiger partial charge on any atom is 0.163 e. The van der Waals surface area contributed by atoms with Crippen LogP contribution in [0.15, 0.2) is 108 Å². The Labute approximate surface area is 470 Å². The number of benzene rings is 3. The van der Waals surface area contributed by atoms with Gasteiger partial charge in [-0.25, -0.2) is 0 Å². The maximum absolute atomic E-state index is 14.5. The Morgan fingerprint density at radius 3 is 2.51 bits per heavy atom. The second-order valence-corrected chi connectivity index (χ2v) is 25.8. The number of ketones is 2. The van der Waals surface area contributed by atoms with Gasteiger partial charge in [-0.2, -0.15) is 0 Å². The highest BCUT2D eigenvalue weighted by atomic mass is 16.5. The average Bonchev–Trinajstić information content (AvgIpc) is 3.80. The van der Waals surface area contributed by atoms with E-state index in [1.165, 1.54) is 68.4 Å². The zero-order valence-corrected chi connectivity index (χ0v) is 47.1. The molecule has 6 saturated carbocycles. The summed E-state index contributed by atoms with van der Waals surface area (Å²) in [5.41, 5.74) is 14.2. The highest BCUT2D eigenvalue weighted by molar-refractivity contribution is 6.07. The number of aromatic hydroxyl groups is 1. The monoisotopic (exact) mass is 1070 g/mol. The van der Waals surface area contributed by atoms with Gasteiger partial charge in [0.2, 0.25) is 0 Å². The summed E-state index contributed by atoms with van der Waals surface area (Å²) in [6.07, 6.45) is 29.1. The molecule has 3 aliphatic heterocycles. The van der Waals surface area contributed by atoms with E-state index in [1.807, 2.05) is 6.20 Å². The predicted molar refractivity (Wildman–Crippen MR) is 314 cm³/mol. The van der Waals surface area contributed by atoms with E-state index in [2.05, 4.69) is 94.1 Å². The van der Waals surface area contributed by atoms with E-state index in [1.54, 1.807) is 12.1 Å². The molecule has 13 unspecified atom stereocenters. The van der Waals surface area contributed by atoms with Gasteiger partial charge < -0.3 is 47.1 Å². The fourth-order valence-corrected chi connectivity index (χ4v) is 17.5. The first-order chi connectivity index (χ1) is 38.5. The molecule has 9 N–H and O–H groups in total. The summed E-state index contributed by atoms with van der Waals surface area (Å²) < 4.78 is 5.59. The SMILES string of the molecule is COc1cc(C(=CC(=O)CC(=O)CC2CC3(CC4C5CCNCC5CC5C=CCNC54)C4CC2CCC3C(NCC(O)C2CCCCC2)C4)CO)c(CC2=CNC(N)C=C2CCc2cccc(CCc3ccccc3)c2)cc1O. The zero-order chi connectivity index (χ0) is 54.5. The third-order valence-electron chi connectivity index (χ3n) is 21.2. The molecule has 424 valence electrons. The number of hydrogen-bond donors (Lipinski definition) is 8. The van der Waals surface area contributed by atoms with Crippen molar-refractivity contribution in [1.29, 1.82) is 0 Å². The van der Waals surface area contributed by atoms with Crippen LogP contribution in [0.3, 0.4) is 0 Å². The first kappa shape index (κ1) is 56.0. The molecule has 0 aromatic heterocycles. The van der Waals surface area contributed by atoms with Crippen LogP contribution < -0.4 is 31.7 Å². The Balaban J connectivity index is 0.789. The molecule has 0 spiro atoms. The van der Waals surface area contributed by atoms with Gasteiger partial charge in [0, 0.05) is 37.8 Å². The second-order valence-electron chi connectivity index (χ2n) is 25.8. The molecule has 4 bridgehead atoms. The standard InChI is InChI=1S/C68H91N5O6/c1-79-65-36-59(50(32-63(65)77)28-52-40-73-66(69)33-48(52)20-19-45-13-8-12-44(26-45)18-17-43-10-4-2-5-11-43)54(42-74)31-57(76)35-56(75)30-51-37-68(38-60-58-23-25-70-39-53(58)27-49-16-9-24-71-67(49)60)55-29-47(51)21-22-61(68)62(34-55)72-41-64(78)46-14-6-3-7-15-46/h2,4-5,8-13,16,26,31-33,36,40,46-47,49,51,53,55,58,60-62,64,66-67,70-74,77-78H,3,6-7,14-15,17-25,27-30,34-35,37-39,41-42,69H2,1H3. The third-order valence-corrected chi connectivity index (χ3v) is 21.2. The number of aliphatic hydroxyl groups is 2. The number of nitrogens with two attached hydrogens (primary N) is 1. The quantitative estimate of drug-likeness (QED) is 0.0273. The van der Waals surface area contributed by atoms with Crippen LogP contribution >= 0.6 is 0 Å². The molecular formula is C68H91N5O6. The molecule has 12 rings (SSSR count). The molecular weight excluding hydrogens is 983 g/mol. The minimum absolute atomic E-state index is 0.0195. The van der Waals surface area contributed by atoms with Gasteiger partial charge >= 0.3 is 0 Å². The second kappa shape index (κ2) is 25.5. The lowest BCUT2D eigenvalue weighted by molar-refractivity contribution is -0.126. The molecule has 7 fully saturated rings. The number of methoxy groups -OCH3 is 1. The van der Waals surface area contributed by atoms with E-state index in [0.717, 1.165) is 107 Å². The van der Waals surface area contributed by atoms with Crippen LogP contribution in [0.2, 0.25) is 0 Å². The molecule has 6 aliphatic carbocycles. The van der Waals surface area contributed by atoms with Crippen molar-refractivity contribution in [2.75, 3.05) is 39.9 Å². The number of ether oxygens (including phenoxy) is 1. The fourth-order valence-electron chi connectivity index (χ4n) is 17.5. The molecule has 11 heteroatoms. The van der Waals surface area contributed by atoms with Crippen molar-refractivity contribution >= 4 is 17.1 Å². The van der Waals surface area contributed by atoms with Gasteiger partial charge in [0.1, 0.15) is 5.78 Å². The number of dihydropyridines is 1. The Morgan fingerprint density at radius 2 is 1.70 bits per heavy atom. The molecule has 9 aliphatic rings. The molecule has 79 heavy (non-hydrogen) atoms. The third kappa shape index (κ3) is 12.8. The predicted octanol–water partition coefficient (Wildman–Crippen LogP) is 9.48. The average molecular weight is 1070 g/mol. The Morgan fingerprint density at radius 1 is 0.899 bits per heavy atom. The van der Waals surface area contributed by atoms with Gasteiger partial charge in [-0.1, -0.05) is 86.0 Å². The van der Waals surface area contributed by atoms with E-state index < -0.39 is 6.61 Å². The van der Waals surface area contributed by atoms with Crippen molar-refractivity contribution in [2.45, 2.75) is 153 Å². The highest BCUT2D eigenvalue weighted by Crippen LogP contribution is 2.67. The number of aryl methyl sites for hydroxylation is 3. The van der Waals surface area contributed by atoms with E-state index in [-0.39, 0.29) is 53.1 Å². The molecule has 0 radical (unpaired) electrons. The molecule has 3 aromatic carbocycles. The Kier molecular flexibility index (Phi) is 18.1. The van der Waals surface area contributed by atoms with Crippen molar-refractivity contribution in [2.24, 2.45) is 64.4 Å². The largest absolute Gasteiger partial charge is 0.504 e. The van der Waals surface area contributed by atoms with E-state index >= 15 is 0 Å². The minimum atomic E-state index is -0.430. The molecule has 11 nitrogen and oxygen atoms in total. The Bertz CT molecular complexity index is 2730. The summed E-state index contributed by atoms with van der Waals surface area (Å²) in [4.78, 5) is 28.8. The van der Waals surface area contributed by atoms with Crippen molar-refractivity contribution in [3.05, 3.63) is 136 Å². The number of aliphatic hydroxyl groups excluding tert-OH is 2. The van der Waals surface area contributed by atoms with Gasteiger partial charge in [0.05, 0.1) is 32.4 Å². The van der Waals surface area contributed by atoms with E-state index in [9.17, 15) is 24.9 Å². The minimum Gasteiger partial charge on any atom is -0.504 e. The van der Waals surface area contributed by atoms with Crippen molar-refractivity contribution in [1.82, 2.24) is 21.3 Å². The van der Waals surface area contributed by atoms with Crippen molar-refractivity contribution in [3.8, 4) is 11.5 Å². The summed E-state index contributed by atoms with van der Waals surface area (Å²) in [5.74, 6) is 4.54. The van der Waals surface area contributed by atoms with Gasteiger partial charge in [0.15, 0.2) is 17.3 Å². The van der Waals surface area contributed by atoms with Crippen LogP contribution in [0.25, 0.3) is 5.57 Å². The number of rotatable bonds is 22. The fraction of sp³-hybridized carbons (Fsp3) is 0.588. The van der Waals surface area contributed by atoms with Crippen LogP contribution in [0.1, 0.15) is 131 Å². The van der Waals surface area contributed by atoms with Crippen molar-refractivity contribution in [3.63, 3.8) is 0 Å². The zero-order valence-electron chi connectivity index (χ0n) is 47.1. The molecule has 13 atom stereocenters. The highest BCUT2D eigenvalue weighted by Gasteiger charge is 2.62. The lowest BCUT2D eigenvalue weighted by atomic mass is 9.52. The summed E-state index contributed by atoms with van der Waals surface area (Å²) in [6, 6.07) is 23.6. The smallest absolute Gasteiger partial charge is 0.163 e. The summed E-state index contributed by atoms with van der Waals surface area (Å²) in [5, 5.41) is 48.9. The van der Waals surface area contributed by atoms with Crippen LogP contribution in [-0.4, -0.2) is 91.1 Å². The number of allylic oxidation sites excluding steroid dienone is 3. The number of nitrogens with one attached hydrogen (secondary N) is 4. The summed E-state index contributed by atoms with van der Waals surface area (Å²) in [7, 11) is 1.49. The molecule has 1 saturated heterocycles. The summed E-state index contributed by atoms with van der Waals surface area (Å²) >= 11 is 0.